The predicted octanol–water partition coefficient (Wildman–Crippen LogP) is 1.03. The minimum atomic E-state index is -0.0712. The molecule has 1 aromatic rings. The van der Waals surface area contributed by atoms with Crippen molar-refractivity contribution < 1.29 is 4.74 Å². The van der Waals surface area contributed by atoms with Gasteiger partial charge in [0.2, 0.25) is 0 Å². The van der Waals surface area contributed by atoms with Crippen LogP contribution in [0, 0.1) is 28.6 Å². The lowest BCUT2D eigenvalue weighted by Crippen LogP contribution is -2.45. The van der Waals surface area contributed by atoms with Gasteiger partial charge in [-0.1, -0.05) is 0 Å². The normalized spacial score (nSPS) is 21.0. The van der Waals surface area contributed by atoms with Crippen LogP contribution in [0.2, 0.25) is 0 Å². The molecule has 2 rings (SSSR count). The Balaban J connectivity index is 1.81. The maximum absolute atomic E-state index is 9.13. The average molecular weight is 273 g/mol. The van der Waals surface area contributed by atoms with Gasteiger partial charge in [-0.2, -0.15) is 15.6 Å². The van der Waals surface area contributed by atoms with Crippen LogP contribution in [0.1, 0.15) is 12.8 Å². The second-order valence-electron chi connectivity index (χ2n) is 5.00. The van der Waals surface area contributed by atoms with Crippen molar-refractivity contribution >= 4 is 0 Å². The molecule has 6 nitrogen and oxygen atoms in total. The van der Waals surface area contributed by atoms with Gasteiger partial charge < -0.3 is 4.74 Å². The van der Waals surface area contributed by atoms with Crippen LogP contribution >= 0.6 is 0 Å². The van der Waals surface area contributed by atoms with E-state index in [0.717, 1.165) is 26.2 Å². The molecule has 0 aromatic carbocycles. The quantitative estimate of drug-likeness (QED) is 0.773. The Kier molecular flexibility index (Phi) is 5.55. The fraction of sp³-hybridized carbons (Fsp3) is 0.643. The van der Waals surface area contributed by atoms with Crippen LogP contribution in [0.5, 0.6) is 0 Å². The van der Waals surface area contributed by atoms with E-state index in [4.69, 9.17) is 15.3 Å². The lowest BCUT2D eigenvalue weighted by molar-refractivity contribution is -0.0400. The lowest BCUT2D eigenvalue weighted by atomic mass is 10.0. The highest BCUT2D eigenvalue weighted by molar-refractivity contribution is 4.89. The van der Waals surface area contributed by atoms with Crippen molar-refractivity contribution in [2.75, 3.05) is 26.2 Å². The summed E-state index contributed by atoms with van der Waals surface area (Å²) in [6.45, 7) is 3.79. The predicted molar refractivity (Wildman–Crippen MR) is 72.4 cm³/mol. The molecule has 0 amide bonds. The summed E-state index contributed by atoms with van der Waals surface area (Å²) >= 11 is 0. The maximum Gasteiger partial charge on any atom is 0.0898 e. The first-order valence-electron chi connectivity index (χ1n) is 6.89. The van der Waals surface area contributed by atoms with E-state index < -0.39 is 0 Å². The Labute approximate surface area is 119 Å². The van der Waals surface area contributed by atoms with Crippen LogP contribution in [-0.2, 0) is 11.3 Å². The van der Waals surface area contributed by atoms with E-state index in [-0.39, 0.29) is 12.0 Å². The number of nitrogens with zero attached hydrogens (tertiary/aromatic N) is 5. The molecule has 0 saturated carbocycles. The van der Waals surface area contributed by atoms with Gasteiger partial charge in [0.25, 0.3) is 0 Å². The molecule has 0 aliphatic carbocycles. The molecule has 20 heavy (non-hydrogen) atoms. The minimum absolute atomic E-state index is 0.0712. The van der Waals surface area contributed by atoms with Gasteiger partial charge in [-0.05, 0) is 12.5 Å². The van der Waals surface area contributed by atoms with Gasteiger partial charge in [0.15, 0.2) is 0 Å². The molecule has 1 aliphatic heterocycles. The van der Waals surface area contributed by atoms with E-state index in [1.54, 1.807) is 6.20 Å². The zero-order chi connectivity index (χ0) is 14.2. The third-order valence-electron chi connectivity index (χ3n) is 3.44. The fourth-order valence-corrected chi connectivity index (χ4v) is 2.42. The molecule has 0 unspecified atom stereocenters. The summed E-state index contributed by atoms with van der Waals surface area (Å²) in [5.41, 5.74) is 0. The van der Waals surface area contributed by atoms with E-state index in [1.165, 1.54) is 0 Å². The van der Waals surface area contributed by atoms with Gasteiger partial charge in [0, 0.05) is 38.4 Å². The zero-order valence-corrected chi connectivity index (χ0v) is 11.5. The Morgan fingerprint density at radius 2 is 2.35 bits per heavy atom. The molecule has 1 aliphatic rings. The summed E-state index contributed by atoms with van der Waals surface area (Å²) in [7, 11) is 0. The average Bonchev–Trinajstić information content (AvgIpc) is 2.96. The molecule has 0 spiro atoms. The van der Waals surface area contributed by atoms with Crippen molar-refractivity contribution in [2.24, 2.45) is 5.92 Å². The van der Waals surface area contributed by atoms with E-state index in [2.05, 4.69) is 22.1 Å². The number of hydrogen-bond donors (Lipinski definition) is 0. The van der Waals surface area contributed by atoms with Crippen molar-refractivity contribution in [3.63, 3.8) is 0 Å². The van der Waals surface area contributed by atoms with Crippen LogP contribution in [0.3, 0.4) is 0 Å². The summed E-state index contributed by atoms with van der Waals surface area (Å²) in [4.78, 5) is 2.25. The molecule has 1 fully saturated rings. The standard InChI is InChI=1S/C14H19N5O/c15-4-1-3-13(9-16)10-18-7-8-20-14(11-18)12-19-6-2-5-17-19/h2,5-6,13-14H,1,3,7-8,10-12H2/t13-,14+/m1/s1. The van der Waals surface area contributed by atoms with Gasteiger partial charge >= 0.3 is 0 Å². The van der Waals surface area contributed by atoms with Crippen LogP contribution in [0.4, 0.5) is 0 Å². The van der Waals surface area contributed by atoms with E-state index in [0.29, 0.717) is 19.4 Å². The van der Waals surface area contributed by atoms with Crippen LogP contribution in [0.15, 0.2) is 18.5 Å². The molecular weight excluding hydrogens is 254 g/mol. The molecule has 2 heterocycles. The van der Waals surface area contributed by atoms with Crippen molar-refractivity contribution in [3.05, 3.63) is 18.5 Å². The molecule has 1 aromatic heterocycles. The SMILES string of the molecule is N#CCC[C@H](C#N)CN1CCO[C@H](Cn2cccn2)C1. The van der Waals surface area contributed by atoms with E-state index in [1.807, 2.05) is 16.9 Å². The van der Waals surface area contributed by atoms with E-state index in [9.17, 15) is 0 Å². The number of nitriles is 2. The third-order valence-corrected chi connectivity index (χ3v) is 3.44. The second kappa shape index (κ2) is 7.64. The molecule has 0 radical (unpaired) electrons. The molecule has 1 saturated heterocycles. The fourth-order valence-electron chi connectivity index (χ4n) is 2.42. The number of ether oxygens (including phenoxy) is 1. The lowest BCUT2D eigenvalue weighted by Gasteiger charge is -2.33. The first-order valence-corrected chi connectivity index (χ1v) is 6.89. The monoisotopic (exact) mass is 273 g/mol. The van der Waals surface area contributed by atoms with Gasteiger partial charge in [-0.25, -0.2) is 0 Å². The van der Waals surface area contributed by atoms with Gasteiger partial charge in [-0.15, -0.1) is 0 Å². The highest BCUT2D eigenvalue weighted by atomic mass is 16.5. The molecule has 0 N–H and O–H groups in total. The van der Waals surface area contributed by atoms with Crippen molar-refractivity contribution in [2.45, 2.75) is 25.5 Å². The van der Waals surface area contributed by atoms with Crippen molar-refractivity contribution in [1.82, 2.24) is 14.7 Å². The number of morpholine rings is 1. The number of rotatable bonds is 6. The Hall–Kier alpha value is -1.89. The smallest absolute Gasteiger partial charge is 0.0898 e. The summed E-state index contributed by atoms with van der Waals surface area (Å²) in [6.07, 6.45) is 4.88. The van der Waals surface area contributed by atoms with Crippen molar-refractivity contribution in [1.29, 1.82) is 10.5 Å². The molecule has 106 valence electrons. The van der Waals surface area contributed by atoms with Crippen molar-refractivity contribution in [3.8, 4) is 12.1 Å². The summed E-state index contributed by atoms with van der Waals surface area (Å²) in [6, 6.07) is 6.29. The Bertz CT molecular complexity index is 473. The number of hydrogen-bond acceptors (Lipinski definition) is 5. The van der Waals surface area contributed by atoms with Crippen LogP contribution in [-0.4, -0.2) is 47.0 Å². The first kappa shape index (κ1) is 14.5. The minimum Gasteiger partial charge on any atom is -0.374 e. The Morgan fingerprint density at radius 3 is 3.05 bits per heavy atom. The molecule has 2 atom stereocenters. The van der Waals surface area contributed by atoms with Crippen LogP contribution < -0.4 is 0 Å². The molecule has 6 heteroatoms. The van der Waals surface area contributed by atoms with Crippen LogP contribution in [0.25, 0.3) is 0 Å². The maximum atomic E-state index is 9.13. The third kappa shape index (κ3) is 4.34. The summed E-state index contributed by atoms with van der Waals surface area (Å²) < 4.78 is 7.61. The largest absolute Gasteiger partial charge is 0.374 e. The summed E-state index contributed by atoms with van der Waals surface area (Å²) in [5, 5.41) is 21.9. The zero-order valence-electron chi connectivity index (χ0n) is 11.5. The molecular formula is C14H19N5O. The van der Waals surface area contributed by atoms with Gasteiger partial charge in [0.1, 0.15) is 0 Å². The Morgan fingerprint density at radius 1 is 1.45 bits per heavy atom. The molecule has 0 bridgehead atoms. The topological polar surface area (TPSA) is 77.9 Å². The van der Waals surface area contributed by atoms with Gasteiger partial charge in [-0.3, -0.25) is 9.58 Å². The second-order valence-corrected chi connectivity index (χ2v) is 5.00. The first-order chi connectivity index (χ1) is 9.81. The van der Waals surface area contributed by atoms with E-state index >= 15 is 0 Å². The highest BCUT2D eigenvalue weighted by Gasteiger charge is 2.23. The summed E-state index contributed by atoms with van der Waals surface area (Å²) in [5.74, 6) is -0.0712. The highest BCUT2D eigenvalue weighted by Crippen LogP contribution is 2.12. The van der Waals surface area contributed by atoms with Gasteiger partial charge in [0.05, 0.1) is 37.3 Å². The number of aromatic nitrogens is 2.